The quantitative estimate of drug-likeness (QED) is 0.759. The van der Waals surface area contributed by atoms with Crippen LogP contribution < -0.4 is 0 Å². The van der Waals surface area contributed by atoms with Crippen molar-refractivity contribution in [1.82, 2.24) is 9.91 Å². The van der Waals surface area contributed by atoms with Gasteiger partial charge in [-0.05, 0) is 23.7 Å². The molecule has 0 saturated carbocycles. The van der Waals surface area contributed by atoms with E-state index < -0.39 is 0 Å². The molecule has 0 aromatic carbocycles. The Balaban J connectivity index is 2.74. The van der Waals surface area contributed by atoms with E-state index in [1.54, 1.807) is 0 Å². The molecule has 106 valence electrons. The maximum Gasteiger partial charge on any atom is 0.119 e. The predicted octanol–water partition coefficient (Wildman–Crippen LogP) is 3.77. The van der Waals surface area contributed by atoms with Crippen molar-refractivity contribution in [3.8, 4) is 0 Å². The summed E-state index contributed by atoms with van der Waals surface area (Å²) in [5.74, 6) is 0. The van der Waals surface area contributed by atoms with Crippen molar-refractivity contribution >= 4 is 6.34 Å². The van der Waals surface area contributed by atoms with Gasteiger partial charge in [-0.25, -0.2) is 0 Å². The van der Waals surface area contributed by atoms with E-state index in [0.717, 1.165) is 25.9 Å². The van der Waals surface area contributed by atoms with E-state index in [9.17, 15) is 0 Å². The summed E-state index contributed by atoms with van der Waals surface area (Å²) in [5.41, 5.74) is 0.644. The zero-order valence-electron chi connectivity index (χ0n) is 13.3. The zero-order valence-corrected chi connectivity index (χ0v) is 13.3. The third-order valence-corrected chi connectivity index (χ3v) is 2.98. The smallest absolute Gasteiger partial charge is 0.119 e. The molecule has 1 aliphatic rings. The molecule has 0 spiro atoms. The molecule has 1 unspecified atom stereocenters. The van der Waals surface area contributed by atoms with Gasteiger partial charge in [0.15, 0.2) is 0 Å². The number of hydrazone groups is 1. The topological polar surface area (TPSA) is 18.8 Å². The highest BCUT2D eigenvalue weighted by atomic mass is 15.6. The lowest BCUT2D eigenvalue weighted by atomic mass is 9.89. The van der Waals surface area contributed by atoms with E-state index >= 15 is 0 Å². The minimum absolute atomic E-state index is 0.310. The minimum atomic E-state index is 0.310. The molecule has 0 aromatic rings. The van der Waals surface area contributed by atoms with E-state index in [4.69, 9.17) is 0 Å². The summed E-state index contributed by atoms with van der Waals surface area (Å²) in [6, 6.07) is 0. The molecule has 1 atom stereocenters. The summed E-state index contributed by atoms with van der Waals surface area (Å²) in [5, 5.41) is 6.85. The largest absolute Gasteiger partial charge is 0.339 e. The first-order valence-corrected chi connectivity index (χ1v) is 7.19. The normalized spacial score (nSPS) is 20.9. The first-order valence-electron chi connectivity index (χ1n) is 7.19. The molecule has 0 amide bonds. The fourth-order valence-corrected chi connectivity index (χ4v) is 2.36. The average molecular weight is 253 g/mol. The van der Waals surface area contributed by atoms with Crippen LogP contribution in [0.25, 0.3) is 0 Å². The number of rotatable bonds is 4. The van der Waals surface area contributed by atoms with Crippen LogP contribution in [-0.2, 0) is 0 Å². The summed E-state index contributed by atoms with van der Waals surface area (Å²) < 4.78 is 0. The number of hydrogen-bond donors (Lipinski definition) is 0. The Morgan fingerprint density at radius 2 is 1.67 bits per heavy atom. The molecule has 1 rings (SSSR count). The van der Waals surface area contributed by atoms with Gasteiger partial charge in [0.1, 0.15) is 12.5 Å². The van der Waals surface area contributed by atoms with Crippen LogP contribution in [0.2, 0.25) is 0 Å². The van der Waals surface area contributed by atoms with Crippen molar-refractivity contribution in [1.29, 1.82) is 0 Å². The van der Waals surface area contributed by atoms with Gasteiger partial charge in [0.25, 0.3) is 0 Å². The molecule has 1 aliphatic heterocycles. The Bertz CT molecular complexity index is 283. The predicted molar refractivity (Wildman–Crippen MR) is 79.5 cm³/mol. The molecule has 0 bridgehead atoms. The molecule has 0 N–H and O–H groups in total. The second-order valence-electron chi connectivity index (χ2n) is 7.87. The highest BCUT2D eigenvalue weighted by Crippen LogP contribution is 2.29. The van der Waals surface area contributed by atoms with Gasteiger partial charge in [-0.3, -0.25) is 5.01 Å². The van der Waals surface area contributed by atoms with Crippen molar-refractivity contribution in [2.24, 2.45) is 15.9 Å². The summed E-state index contributed by atoms with van der Waals surface area (Å²) in [4.78, 5) is 2.42. The van der Waals surface area contributed by atoms with Gasteiger partial charge in [0.2, 0.25) is 0 Å². The van der Waals surface area contributed by atoms with Crippen LogP contribution in [0.5, 0.6) is 0 Å². The van der Waals surface area contributed by atoms with Crippen molar-refractivity contribution in [2.45, 2.75) is 67.5 Å². The molecule has 0 aliphatic carbocycles. The molecule has 1 heterocycles. The molecule has 3 heteroatoms. The molecular weight excluding hydrogens is 222 g/mol. The number of nitrogens with zero attached hydrogens (tertiary/aromatic N) is 3. The van der Waals surface area contributed by atoms with Crippen LogP contribution in [0.1, 0.15) is 61.3 Å². The Morgan fingerprint density at radius 3 is 2.11 bits per heavy atom. The SMILES string of the molecule is CCCN1N=CN(CC(C)(C)C)C1CC(C)(C)C. The first-order chi connectivity index (χ1) is 8.12. The van der Waals surface area contributed by atoms with E-state index in [1.165, 1.54) is 0 Å². The van der Waals surface area contributed by atoms with Crippen LogP contribution >= 0.6 is 0 Å². The molecule has 3 nitrogen and oxygen atoms in total. The van der Waals surface area contributed by atoms with E-state index in [0.29, 0.717) is 17.0 Å². The van der Waals surface area contributed by atoms with Crippen LogP contribution in [0.3, 0.4) is 0 Å². The van der Waals surface area contributed by atoms with Gasteiger partial charge in [0, 0.05) is 13.1 Å². The maximum absolute atomic E-state index is 4.59. The van der Waals surface area contributed by atoms with E-state index in [2.05, 4.69) is 63.5 Å². The van der Waals surface area contributed by atoms with Crippen molar-refractivity contribution in [2.75, 3.05) is 13.1 Å². The van der Waals surface area contributed by atoms with Crippen LogP contribution in [0, 0.1) is 10.8 Å². The summed E-state index contributed by atoms with van der Waals surface area (Å²) >= 11 is 0. The van der Waals surface area contributed by atoms with Crippen LogP contribution in [0.4, 0.5) is 0 Å². The Labute approximate surface area is 113 Å². The standard InChI is InChI=1S/C15H31N3/c1-8-9-18-13(10-14(2,3)4)17(12-16-18)11-15(5,6)7/h12-13H,8-11H2,1-7H3. The molecule has 18 heavy (non-hydrogen) atoms. The van der Waals surface area contributed by atoms with Gasteiger partial charge in [-0.1, -0.05) is 48.5 Å². The third kappa shape index (κ3) is 4.87. The molecule has 0 saturated heterocycles. The molecule has 0 aromatic heterocycles. The number of hydrogen-bond acceptors (Lipinski definition) is 3. The Kier molecular flexibility index (Phi) is 4.68. The fourth-order valence-electron chi connectivity index (χ4n) is 2.36. The van der Waals surface area contributed by atoms with Crippen LogP contribution in [-0.4, -0.2) is 35.5 Å². The Hall–Kier alpha value is -0.730. The monoisotopic (exact) mass is 253 g/mol. The van der Waals surface area contributed by atoms with Gasteiger partial charge >= 0.3 is 0 Å². The van der Waals surface area contributed by atoms with Crippen molar-refractivity contribution in [3.63, 3.8) is 0 Å². The summed E-state index contributed by atoms with van der Waals surface area (Å²) in [6.07, 6.45) is 4.78. The van der Waals surface area contributed by atoms with Gasteiger partial charge in [-0.2, -0.15) is 5.10 Å². The lowest BCUT2D eigenvalue weighted by molar-refractivity contribution is 0.0716. The maximum atomic E-state index is 4.59. The average Bonchev–Trinajstić information content (AvgIpc) is 2.46. The second-order valence-corrected chi connectivity index (χ2v) is 7.87. The molecular formula is C15H31N3. The van der Waals surface area contributed by atoms with Gasteiger partial charge < -0.3 is 4.90 Å². The summed E-state index contributed by atoms with van der Waals surface area (Å²) in [7, 11) is 0. The lowest BCUT2D eigenvalue weighted by Crippen LogP contribution is -2.45. The van der Waals surface area contributed by atoms with Gasteiger partial charge in [-0.15, -0.1) is 0 Å². The minimum Gasteiger partial charge on any atom is -0.339 e. The van der Waals surface area contributed by atoms with E-state index in [1.807, 2.05) is 6.34 Å². The summed E-state index contributed by atoms with van der Waals surface area (Å²) in [6.45, 7) is 18.1. The lowest BCUT2D eigenvalue weighted by Gasteiger charge is -2.37. The first kappa shape index (κ1) is 15.3. The van der Waals surface area contributed by atoms with Crippen molar-refractivity contribution < 1.29 is 0 Å². The highest BCUT2D eigenvalue weighted by molar-refractivity contribution is 5.57. The Morgan fingerprint density at radius 1 is 1.06 bits per heavy atom. The second kappa shape index (κ2) is 5.50. The highest BCUT2D eigenvalue weighted by Gasteiger charge is 2.33. The molecule has 0 radical (unpaired) electrons. The zero-order chi connectivity index (χ0) is 14.0. The molecule has 0 fully saturated rings. The van der Waals surface area contributed by atoms with Crippen LogP contribution in [0.15, 0.2) is 5.10 Å². The van der Waals surface area contributed by atoms with E-state index in [-0.39, 0.29) is 0 Å². The van der Waals surface area contributed by atoms with Gasteiger partial charge in [0.05, 0.1) is 0 Å². The third-order valence-electron chi connectivity index (χ3n) is 2.98. The van der Waals surface area contributed by atoms with Crippen molar-refractivity contribution in [3.05, 3.63) is 0 Å². The fraction of sp³-hybridized carbons (Fsp3) is 0.933.